The van der Waals surface area contributed by atoms with Crippen LogP contribution in [-0.4, -0.2) is 81.0 Å². The first kappa shape index (κ1) is 33.6. The Morgan fingerprint density at radius 3 is 2.58 bits per heavy atom. The first-order valence-corrected chi connectivity index (χ1v) is 17.5. The molecule has 1 unspecified atom stereocenters. The lowest BCUT2D eigenvalue weighted by atomic mass is 9.65. The van der Waals surface area contributed by atoms with E-state index in [0.29, 0.717) is 43.8 Å². The van der Waals surface area contributed by atoms with Crippen molar-refractivity contribution in [1.29, 1.82) is 0 Å². The number of halogens is 2. The van der Waals surface area contributed by atoms with E-state index in [4.69, 9.17) is 21.1 Å². The molecule has 3 saturated heterocycles. The summed E-state index contributed by atoms with van der Waals surface area (Å²) < 4.78 is 53.9. The first-order chi connectivity index (χ1) is 21.4. The summed E-state index contributed by atoms with van der Waals surface area (Å²) in [5.41, 5.74) is 0.424. The van der Waals surface area contributed by atoms with Crippen molar-refractivity contribution in [2.75, 3.05) is 31.3 Å². The van der Waals surface area contributed by atoms with Crippen molar-refractivity contribution in [2.45, 2.75) is 88.1 Å². The van der Waals surface area contributed by atoms with Gasteiger partial charge in [-0.05, 0) is 82.2 Å². The van der Waals surface area contributed by atoms with Gasteiger partial charge in [0.1, 0.15) is 11.9 Å². The van der Waals surface area contributed by atoms with Crippen molar-refractivity contribution in [3.63, 3.8) is 0 Å². The third-order valence-electron chi connectivity index (χ3n) is 9.32. The van der Waals surface area contributed by atoms with Crippen LogP contribution in [0.1, 0.15) is 57.1 Å². The summed E-state index contributed by atoms with van der Waals surface area (Å²) in [7, 11) is -2.18. The van der Waals surface area contributed by atoms with E-state index in [1.54, 1.807) is 22.5 Å². The lowest BCUT2D eigenvalue weighted by molar-refractivity contribution is -0.124. The number of fused-ring (bicyclic) bond motifs is 2. The van der Waals surface area contributed by atoms with Gasteiger partial charge in [0.15, 0.2) is 0 Å². The summed E-state index contributed by atoms with van der Waals surface area (Å²) in [4.78, 5) is 27.0. The number of piperazine rings is 1. The van der Waals surface area contributed by atoms with E-state index in [-0.39, 0.29) is 47.7 Å². The molecule has 13 heteroatoms. The minimum absolute atomic E-state index is 0.106. The molecular weight excluding hydrogens is 623 g/mol. The maximum atomic E-state index is 15.4. The Kier molecular flexibility index (Phi) is 10.4. The summed E-state index contributed by atoms with van der Waals surface area (Å²) in [6.07, 6.45) is 1.55. The number of nitrogens with one attached hydrogen (secondary N) is 3. The van der Waals surface area contributed by atoms with Gasteiger partial charge in [-0.25, -0.2) is 17.6 Å². The third-order valence-corrected chi connectivity index (χ3v) is 11.5. The number of alkyl carbamates (subject to hydrolysis) is 1. The van der Waals surface area contributed by atoms with Gasteiger partial charge in [-0.3, -0.25) is 4.79 Å². The van der Waals surface area contributed by atoms with Crippen LogP contribution in [0.4, 0.5) is 14.9 Å². The van der Waals surface area contributed by atoms with Gasteiger partial charge in [-0.1, -0.05) is 29.8 Å². The molecule has 0 aromatic heterocycles. The number of methoxy groups -OCH3 is 1. The van der Waals surface area contributed by atoms with Gasteiger partial charge >= 0.3 is 6.09 Å². The van der Waals surface area contributed by atoms with Crippen molar-refractivity contribution in [3.05, 3.63) is 64.4 Å². The van der Waals surface area contributed by atoms with Crippen molar-refractivity contribution >= 4 is 39.3 Å². The minimum atomic E-state index is -3.41. The van der Waals surface area contributed by atoms with Crippen LogP contribution in [0, 0.1) is 5.82 Å². The molecule has 3 N–H and O–H groups in total. The first-order valence-electron chi connectivity index (χ1n) is 15.5. The summed E-state index contributed by atoms with van der Waals surface area (Å²) in [6, 6.07) is 10.3. The van der Waals surface area contributed by atoms with Crippen LogP contribution in [0.15, 0.2) is 42.5 Å². The zero-order valence-electron chi connectivity index (χ0n) is 25.9. The van der Waals surface area contributed by atoms with E-state index in [9.17, 15) is 18.0 Å². The molecule has 0 spiro atoms. The van der Waals surface area contributed by atoms with Crippen LogP contribution in [0.2, 0.25) is 5.02 Å². The van der Waals surface area contributed by atoms with Gasteiger partial charge in [0.2, 0.25) is 15.9 Å². The number of anilines is 1. The van der Waals surface area contributed by atoms with Gasteiger partial charge in [-0.2, -0.15) is 4.31 Å². The largest absolute Gasteiger partial charge is 0.453 e. The number of benzene rings is 2. The smallest absolute Gasteiger partial charge is 0.407 e. The molecule has 3 heterocycles. The Hall–Kier alpha value is -2.77. The van der Waals surface area contributed by atoms with Crippen LogP contribution in [0.3, 0.4) is 0 Å². The van der Waals surface area contributed by atoms with E-state index in [0.717, 1.165) is 12.0 Å². The highest BCUT2D eigenvalue weighted by Crippen LogP contribution is 2.43. The molecule has 2 amide bonds. The van der Waals surface area contributed by atoms with Gasteiger partial charge < -0.3 is 25.4 Å². The van der Waals surface area contributed by atoms with Crippen molar-refractivity contribution in [2.24, 2.45) is 0 Å². The molecule has 3 fully saturated rings. The molecular formula is C32H42ClFN4O6S. The van der Waals surface area contributed by atoms with Gasteiger partial charge in [0, 0.05) is 46.9 Å². The standard InChI is InChI=1S/C32H42ClFN4O6S/c1-20-16-32(17-21(2)44-20,22-9-11-23(33)12-10-22)29(37-31(40)43-3)30(39)36-28-8-4-7-27(34)26(28)14-13-25-18-35-24-6-5-15-45(41,42)38(25)19-24/h4,7-12,20-21,24-25,29,35H,5-6,13-19H2,1-3H3,(H,36,39)(H,37,40)/t20-,21+,24-,25+,29-,32+/m1/s1. The molecule has 0 saturated carbocycles. The average Bonchev–Trinajstić information content (AvgIpc) is 3.10. The predicted octanol–water partition coefficient (Wildman–Crippen LogP) is 4.37. The number of rotatable bonds is 8. The topological polar surface area (TPSA) is 126 Å². The number of sulfonamides is 1. The van der Waals surface area contributed by atoms with Crippen LogP contribution in [0.25, 0.3) is 0 Å². The molecule has 45 heavy (non-hydrogen) atoms. The Morgan fingerprint density at radius 2 is 1.89 bits per heavy atom. The van der Waals surface area contributed by atoms with Crippen LogP contribution >= 0.6 is 11.6 Å². The van der Waals surface area contributed by atoms with Crippen molar-refractivity contribution in [3.8, 4) is 0 Å². The fourth-order valence-corrected chi connectivity index (χ4v) is 9.28. The Morgan fingerprint density at radius 1 is 1.18 bits per heavy atom. The van der Waals surface area contributed by atoms with Crippen LogP contribution in [-0.2, 0) is 36.1 Å². The second-order valence-electron chi connectivity index (χ2n) is 12.5. The highest BCUT2D eigenvalue weighted by atomic mass is 35.5. The molecule has 0 aliphatic carbocycles. The molecule has 7 atom stereocenters. The zero-order valence-corrected chi connectivity index (χ0v) is 27.4. The van der Waals surface area contributed by atoms with E-state index < -0.39 is 39.3 Å². The SMILES string of the molecule is COC(=O)N[C@H](C(=O)Nc1cccc(F)c1CC[C@H]1CN[C@@H]2CCCS(=O)(=O)N1C2)[C@@]1(c2ccc(Cl)cc2)C[C@@H](C)O[C@@H](C)C1. The number of hydrogen-bond acceptors (Lipinski definition) is 7. The number of carbonyl (C=O) groups excluding carboxylic acids is 2. The van der Waals surface area contributed by atoms with Crippen LogP contribution < -0.4 is 16.0 Å². The maximum absolute atomic E-state index is 15.4. The fourth-order valence-electron chi connectivity index (χ4n) is 7.34. The lowest BCUT2D eigenvalue weighted by Crippen LogP contribution is -2.60. The average molecular weight is 665 g/mol. The minimum Gasteiger partial charge on any atom is -0.453 e. The molecule has 3 aliphatic heterocycles. The normalized spacial score (nSPS) is 30.0. The molecule has 0 radical (unpaired) electrons. The summed E-state index contributed by atoms with van der Waals surface area (Å²) >= 11 is 6.21. The maximum Gasteiger partial charge on any atom is 0.407 e. The van der Waals surface area contributed by atoms with Crippen molar-refractivity contribution in [1.82, 2.24) is 14.9 Å². The summed E-state index contributed by atoms with van der Waals surface area (Å²) in [5.74, 6) is -0.943. The highest BCUT2D eigenvalue weighted by Gasteiger charge is 2.50. The van der Waals surface area contributed by atoms with E-state index in [1.165, 1.54) is 19.2 Å². The highest BCUT2D eigenvalue weighted by molar-refractivity contribution is 7.89. The quantitative estimate of drug-likeness (QED) is 0.383. The molecule has 2 aromatic carbocycles. The van der Waals surface area contributed by atoms with Gasteiger partial charge in [-0.15, -0.1) is 0 Å². The van der Waals surface area contributed by atoms with Crippen molar-refractivity contribution < 1.29 is 31.9 Å². The number of hydrogen-bond donors (Lipinski definition) is 3. The van der Waals surface area contributed by atoms with Gasteiger partial charge in [0.05, 0.1) is 25.1 Å². The molecule has 10 nitrogen and oxygen atoms in total. The Bertz CT molecular complexity index is 1480. The number of amides is 2. The predicted molar refractivity (Wildman–Crippen MR) is 170 cm³/mol. The Balaban J connectivity index is 1.44. The number of carbonyl (C=O) groups is 2. The molecule has 246 valence electrons. The summed E-state index contributed by atoms with van der Waals surface area (Å²) in [5, 5.41) is 9.65. The van der Waals surface area contributed by atoms with E-state index in [1.807, 2.05) is 26.0 Å². The fraction of sp³-hybridized carbons (Fsp3) is 0.562. The molecule has 2 bridgehead atoms. The molecule has 2 aromatic rings. The second kappa shape index (κ2) is 13.9. The molecule has 3 aliphatic rings. The number of nitrogens with zero attached hydrogens (tertiary/aromatic N) is 1. The Labute approximate surface area is 269 Å². The van der Waals surface area contributed by atoms with E-state index in [2.05, 4.69) is 16.0 Å². The monoisotopic (exact) mass is 664 g/mol. The van der Waals surface area contributed by atoms with Crippen LogP contribution in [0.5, 0.6) is 0 Å². The molecule has 5 rings (SSSR count). The third kappa shape index (κ3) is 7.46. The summed E-state index contributed by atoms with van der Waals surface area (Å²) in [6.45, 7) is 4.73. The van der Waals surface area contributed by atoms with Gasteiger partial charge in [0.25, 0.3) is 0 Å². The zero-order chi connectivity index (χ0) is 32.4. The number of ether oxygens (including phenoxy) is 2. The second-order valence-corrected chi connectivity index (χ2v) is 15.0. The lowest BCUT2D eigenvalue weighted by Gasteiger charge is -2.47. The van der Waals surface area contributed by atoms with E-state index >= 15 is 4.39 Å².